The van der Waals surface area contributed by atoms with Crippen LogP contribution in [0.5, 0.6) is 5.75 Å². The largest absolute Gasteiger partial charge is 0.508 e. The van der Waals surface area contributed by atoms with Gasteiger partial charge in [-0.3, -0.25) is 4.79 Å². The molecule has 4 heterocycles. The number of hydrogen-bond acceptors (Lipinski definition) is 7. The second kappa shape index (κ2) is 8.58. The minimum Gasteiger partial charge on any atom is -0.508 e. The highest BCUT2D eigenvalue weighted by molar-refractivity contribution is 14.1. The van der Waals surface area contributed by atoms with E-state index in [1.54, 1.807) is 18.2 Å². The molecule has 2 aliphatic rings. The van der Waals surface area contributed by atoms with Crippen LogP contribution in [0.4, 0.5) is 10.7 Å². The van der Waals surface area contributed by atoms with Crippen LogP contribution in [0.15, 0.2) is 30.6 Å². The lowest BCUT2D eigenvalue weighted by Crippen LogP contribution is -2.37. The number of piperidine rings is 1. The minimum absolute atomic E-state index is 0.0923. The number of aromatic nitrogens is 4. The summed E-state index contributed by atoms with van der Waals surface area (Å²) in [6, 6.07) is 7.30. The number of hydrogen-bond donors (Lipinski definition) is 1. The fraction of sp³-hybridized carbons (Fsp3) is 0.429. The lowest BCUT2D eigenvalue weighted by atomic mass is 10.1. The summed E-state index contributed by atoms with van der Waals surface area (Å²) in [6.45, 7) is 4.21. The Kier molecular flexibility index (Phi) is 5.65. The maximum Gasteiger partial charge on any atom is 0.283 e. The number of ether oxygens (including phenoxy) is 1. The summed E-state index contributed by atoms with van der Waals surface area (Å²) >= 11 is 1.85. The van der Waals surface area contributed by atoms with E-state index in [9.17, 15) is 9.90 Å². The molecule has 0 bridgehead atoms. The highest BCUT2D eigenvalue weighted by Gasteiger charge is 2.26. The van der Waals surface area contributed by atoms with Crippen molar-refractivity contribution < 1.29 is 14.6 Å². The standard InChI is InChI=1S/C21H23IN6O3/c22-20(30)26-6-4-15(5-7-26)28-13-23-18-17(14-2-1-3-16(29)12-14)24-21(25-19(18)28)27-8-10-31-11-9-27/h1-3,12-13,15,29H,4-11H2. The van der Waals surface area contributed by atoms with Crippen molar-refractivity contribution in [2.45, 2.75) is 18.9 Å². The third-order valence-electron chi connectivity index (χ3n) is 5.93. The number of phenolic OH excluding ortho intramolecular Hbond substituents is 1. The maximum absolute atomic E-state index is 11.7. The van der Waals surface area contributed by atoms with Crippen molar-refractivity contribution in [2.75, 3.05) is 44.3 Å². The van der Waals surface area contributed by atoms with Gasteiger partial charge in [0.25, 0.3) is 3.91 Å². The maximum atomic E-state index is 11.7. The Labute approximate surface area is 193 Å². The van der Waals surface area contributed by atoms with Gasteiger partial charge in [0.15, 0.2) is 5.65 Å². The number of fused-ring (bicyclic) bond motifs is 1. The Morgan fingerprint density at radius 2 is 1.90 bits per heavy atom. The van der Waals surface area contributed by atoms with Crippen LogP contribution in [-0.2, 0) is 4.74 Å². The molecule has 5 rings (SSSR count). The van der Waals surface area contributed by atoms with Crippen LogP contribution in [-0.4, -0.2) is 72.8 Å². The van der Waals surface area contributed by atoms with Gasteiger partial charge in [0.1, 0.15) is 17.0 Å². The quantitative estimate of drug-likeness (QED) is 0.313. The number of carbonyl (C=O) groups excluding carboxylic acids is 1. The predicted molar refractivity (Wildman–Crippen MR) is 125 cm³/mol. The van der Waals surface area contributed by atoms with E-state index in [-0.39, 0.29) is 15.7 Å². The van der Waals surface area contributed by atoms with Gasteiger partial charge in [-0.05, 0) is 25.0 Å². The van der Waals surface area contributed by atoms with E-state index < -0.39 is 0 Å². The molecule has 2 aliphatic heterocycles. The van der Waals surface area contributed by atoms with Crippen molar-refractivity contribution in [1.29, 1.82) is 0 Å². The van der Waals surface area contributed by atoms with Crippen molar-refractivity contribution in [1.82, 2.24) is 24.4 Å². The number of phenols is 1. The van der Waals surface area contributed by atoms with Crippen molar-refractivity contribution in [3.63, 3.8) is 0 Å². The summed E-state index contributed by atoms with van der Waals surface area (Å²) in [5.74, 6) is 0.836. The molecule has 1 aromatic carbocycles. The van der Waals surface area contributed by atoms with Gasteiger partial charge >= 0.3 is 0 Å². The summed E-state index contributed by atoms with van der Waals surface area (Å²) in [5, 5.41) is 10.0. The normalized spacial score (nSPS) is 18.0. The molecule has 9 nitrogen and oxygen atoms in total. The monoisotopic (exact) mass is 534 g/mol. The number of carbonyl (C=O) groups is 1. The summed E-state index contributed by atoms with van der Waals surface area (Å²) in [6.07, 6.45) is 3.55. The molecule has 1 N–H and O–H groups in total. The number of rotatable bonds is 3. The number of nitrogens with zero attached hydrogens (tertiary/aromatic N) is 6. The molecule has 2 saturated heterocycles. The number of likely N-dealkylation sites (tertiary alicyclic amines) is 1. The molecule has 2 fully saturated rings. The first-order chi connectivity index (χ1) is 15.1. The van der Waals surface area contributed by atoms with E-state index in [0.717, 1.165) is 55.7 Å². The van der Waals surface area contributed by atoms with Gasteiger partial charge in [-0.1, -0.05) is 12.1 Å². The molecule has 0 radical (unpaired) electrons. The molecule has 31 heavy (non-hydrogen) atoms. The first-order valence-corrected chi connectivity index (χ1v) is 11.5. The highest BCUT2D eigenvalue weighted by atomic mass is 127. The van der Waals surface area contributed by atoms with Crippen molar-refractivity contribution in [3.8, 4) is 17.0 Å². The summed E-state index contributed by atoms with van der Waals surface area (Å²) < 4.78 is 7.71. The zero-order valence-corrected chi connectivity index (χ0v) is 19.1. The molecule has 2 aromatic heterocycles. The molecule has 10 heteroatoms. The summed E-state index contributed by atoms with van der Waals surface area (Å²) in [4.78, 5) is 30.1. The third-order valence-corrected chi connectivity index (χ3v) is 6.61. The van der Waals surface area contributed by atoms with Crippen molar-refractivity contribution >= 4 is 43.6 Å². The number of imidazole rings is 1. The topological polar surface area (TPSA) is 96.6 Å². The molecule has 0 spiro atoms. The number of morpholine rings is 1. The van der Waals surface area contributed by atoms with E-state index >= 15 is 0 Å². The minimum atomic E-state index is 0.0923. The van der Waals surface area contributed by atoms with Crippen LogP contribution < -0.4 is 4.90 Å². The van der Waals surface area contributed by atoms with E-state index in [0.29, 0.717) is 24.9 Å². The van der Waals surface area contributed by atoms with E-state index in [4.69, 9.17) is 14.7 Å². The zero-order chi connectivity index (χ0) is 21.4. The lowest BCUT2D eigenvalue weighted by molar-refractivity contribution is 0.122. The highest BCUT2D eigenvalue weighted by Crippen LogP contribution is 2.33. The third kappa shape index (κ3) is 4.05. The number of anilines is 1. The van der Waals surface area contributed by atoms with Crippen molar-refractivity contribution in [2.24, 2.45) is 0 Å². The molecule has 0 unspecified atom stereocenters. The van der Waals surface area contributed by atoms with Gasteiger partial charge < -0.3 is 24.2 Å². The number of amides is 1. The summed E-state index contributed by atoms with van der Waals surface area (Å²) in [7, 11) is 0. The van der Waals surface area contributed by atoms with Crippen LogP contribution in [0.2, 0.25) is 0 Å². The molecule has 0 saturated carbocycles. The van der Waals surface area contributed by atoms with E-state index in [1.807, 2.05) is 39.9 Å². The van der Waals surface area contributed by atoms with E-state index in [2.05, 4.69) is 14.5 Å². The SMILES string of the molecule is O=C(I)N1CCC(n2cnc3c(-c4cccc(O)c4)nc(N4CCOCC4)nc32)CC1. The Morgan fingerprint density at radius 1 is 1.13 bits per heavy atom. The average Bonchev–Trinajstić information content (AvgIpc) is 3.23. The number of aromatic hydroxyl groups is 1. The average molecular weight is 534 g/mol. The molecule has 1 amide bonds. The van der Waals surface area contributed by atoms with Gasteiger partial charge in [-0.2, -0.15) is 4.98 Å². The molecule has 0 aliphatic carbocycles. The van der Waals surface area contributed by atoms with Gasteiger partial charge in [-0.25, -0.2) is 9.97 Å². The van der Waals surface area contributed by atoms with Crippen LogP contribution in [0, 0.1) is 0 Å². The van der Waals surface area contributed by atoms with Gasteiger partial charge in [0.05, 0.1) is 19.5 Å². The molecular weight excluding hydrogens is 511 g/mol. The van der Waals surface area contributed by atoms with E-state index in [1.165, 1.54) is 0 Å². The van der Waals surface area contributed by atoms with Gasteiger partial charge in [0.2, 0.25) is 5.95 Å². The zero-order valence-electron chi connectivity index (χ0n) is 16.9. The second-order valence-corrected chi connectivity index (χ2v) is 8.74. The van der Waals surface area contributed by atoms with Crippen LogP contribution in [0.1, 0.15) is 18.9 Å². The summed E-state index contributed by atoms with van der Waals surface area (Å²) in [5.41, 5.74) is 3.02. The van der Waals surface area contributed by atoms with Gasteiger partial charge in [0, 0.05) is 60.4 Å². The number of halogens is 1. The molecular formula is C21H23IN6O3. The molecule has 0 atom stereocenters. The van der Waals surface area contributed by atoms with Crippen molar-refractivity contribution in [3.05, 3.63) is 30.6 Å². The number of benzene rings is 1. The Balaban J connectivity index is 1.59. The Bertz CT molecular complexity index is 1110. The first kappa shape index (κ1) is 20.4. The predicted octanol–water partition coefficient (Wildman–Crippen LogP) is 3.23. The Hall–Kier alpha value is -2.47. The van der Waals surface area contributed by atoms with Crippen LogP contribution >= 0.6 is 22.6 Å². The lowest BCUT2D eigenvalue weighted by Gasteiger charge is -2.31. The fourth-order valence-corrected chi connectivity index (χ4v) is 4.73. The second-order valence-electron chi connectivity index (χ2n) is 7.82. The van der Waals surface area contributed by atoms with Gasteiger partial charge in [-0.15, -0.1) is 0 Å². The fourth-order valence-electron chi connectivity index (χ4n) is 4.25. The Morgan fingerprint density at radius 3 is 2.61 bits per heavy atom. The molecule has 3 aromatic rings. The first-order valence-electron chi connectivity index (χ1n) is 10.4. The molecule has 162 valence electrons. The van der Waals surface area contributed by atoms with Crippen LogP contribution in [0.25, 0.3) is 22.4 Å². The smallest absolute Gasteiger partial charge is 0.283 e. The van der Waals surface area contributed by atoms with Crippen LogP contribution in [0.3, 0.4) is 0 Å².